The minimum atomic E-state index is -0.284. The van der Waals surface area contributed by atoms with Gasteiger partial charge in [0.15, 0.2) is 0 Å². The molecule has 152 valence electrons. The van der Waals surface area contributed by atoms with Crippen molar-refractivity contribution in [3.8, 4) is 5.69 Å². The Hall–Kier alpha value is -2.15. The number of thioether (sulfide) groups is 1. The quantitative estimate of drug-likeness (QED) is 0.565. The van der Waals surface area contributed by atoms with Crippen molar-refractivity contribution in [3.05, 3.63) is 83.7 Å². The van der Waals surface area contributed by atoms with Crippen molar-refractivity contribution in [2.24, 2.45) is 0 Å². The first-order valence-electron chi connectivity index (χ1n) is 9.77. The first kappa shape index (κ1) is 20.1. The second-order valence-corrected chi connectivity index (χ2v) is 8.25. The van der Waals surface area contributed by atoms with Gasteiger partial charge in [-0.25, -0.2) is 9.37 Å². The molecule has 0 spiro atoms. The third-order valence-corrected chi connectivity index (χ3v) is 6.44. The summed E-state index contributed by atoms with van der Waals surface area (Å²) in [5.41, 5.74) is 2.42. The Bertz CT molecular complexity index is 947. The van der Waals surface area contributed by atoms with Gasteiger partial charge >= 0.3 is 0 Å². The van der Waals surface area contributed by atoms with E-state index in [0.29, 0.717) is 17.5 Å². The summed E-state index contributed by atoms with van der Waals surface area (Å²) < 4.78 is 28.8. The summed E-state index contributed by atoms with van der Waals surface area (Å²) in [6, 6.07) is 15.4. The number of hydrogen-bond donors (Lipinski definition) is 0. The van der Waals surface area contributed by atoms with E-state index in [9.17, 15) is 4.39 Å². The average Bonchev–Trinajstić information content (AvgIpc) is 3.18. The van der Waals surface area contributed by atoms with Crippen molar-refractivity contribution >= 4 is 11.8 Å². The Labute approximate surface area is 175 Å². The molecule has 0 bridgehead atoms. The van der Waals surface area contributed by atoms with Gasteiger partial charge in [-0.3, -0.25) is 0 Å². The fourth-order valence-electron chi connectivity index (χ4n) is 3.80. The Balaban J connectivity index is 1.51. The van der Waals surface area contributed by atoms with Crippen LogP contribution in [0.3, 0.4) is 0 Å². The van der Waals surface area contributed by atoms with Crippen LogP contribution in [-0.4, -0.2) is 33.8 Å². The van der Waals surface area contributed by atoms with Crippen LogP contribution in [0.15, 0.2) is 60.9 Å². The van der Waals surface area contributed by atoms with Crippen molar-refractivity contribution in [3.63, 3.8) is 0 Å². The molecule has 4 nitrogen and oxygen atoms in total. The molecule has 0 N–H and O–H groups in total. The lowest BCUT2D eigenvalue weighted by Gasteiger charge is -2.37. The normalized spacial score (nSPS) is 22.0. The molecule has 6 heteroatoms. The molecule has 0 amide bonds. The van der Waals surface area contributed by atoms with Crippen molar-refractivity contribution in [1.29, 1.82) is 0 Å². The molecule has 1 saturated heterocycles. The van der Waals surface area contributed by atoms with E-state index in [1.54, 1.807) is 40.9 Å². The highest BCUT2D eigenvalue weighted by Crippen LogP contribution is 2.36. The zero-order valence-electron chi connectivity index (χ0n) is 16.6. The Morgan fingerprint density at radius 3 is 2.76 bits per heavy atom. The van der Waals surface area contributed by atoms with Gasteiger partial charge in [0.05, 0.1) is 12.3 Å². The fourth-order valence-corrected chi connectivity index (χ4v) is 4.62. The molecule has 0 radical (unpaired) electrons. The fraction of sp³-hybridized carbons (Fsp3) is 0.348. The standard InChI is InChI=1S/C23H25FN2O2S/c1-16-25-11-12-26(16)20-9-8-17(14-19(20)24)15-28-23-21(29-2)10-13-27-22(23)18-6-4-3-5-7-18/h3-9,11-12,14,21-23H,10,13,15H2,1-2H3. The number of nitrogens with zero attached hydrogens (tertiary/aromatic N) is 2. The van der Waals surface area contributed by atoms with Crippen LogP contribution in [0.25, 0.3) is 5.69 Å². The third kappa shape index (κ3) is 4.39. The van der Waals surface area contributed by atoms with Gasteiger partial charge in [-0.15, -0.1) is 0 Å². The second kappa shape index (κ2) is 9.11. The van der Waals surface area contributed by atoms with Crippen LogP contribution in [0.1, 0.15) is 29.5 Å². The molecule has 1 aromatic heterocycles. The van der Waals surface area contributed by atoms with Gasteiger partial charge in [-0.05, 0) is 42.9 Å². The van der Waals surface area contributed by atoms with Crippen LogP contribution in [0, 0.1) is 12.7 Å². The molecule has 1 fully saturated rings. The Kier molecular flexibility index (Phi) is 6.33. The van der Waals surface area contributed by atoms with E-state index >= 15 is 0 Å². The summed E-state index contributed by atoms with van der Waals surface area (Å²) in [6.45, 7) is 2.92. The monoisotopic (exact) mass is 412 g/mol. The molecule has 1 aliphatic heterocycles. The topological polar surface area (TPSA) is 36.3 Å². The van der Waals surface area contributed by atoms with Gasteiger partial charge in [0, 0.05) is 24.3 Å². The van der Waals surface area contributed by atoms with Gasteiger partial charge in [0.1, 0.15) is 23.8 Å². The minimum absolute atomic E-state index is 0.0835. The number of aryl methyl sites for hydroxylation is 1. The van der Waals surface area contributed by atoms with E-state index in [0.717, 1.165) is 30.0 Å². The molecule has 0 aliphatic carbocycles. The van der Waals surface area contributed by atoms with E-state index in [1.807, 2.05) is 31.2 Å². The Morgan fingerprint density at radius 1 is 1.24 bits per heavy atom. The first-order valence-corrected chi connectivity index (χ1v) is 11.1. The number of benzene rings is 2. The third-order valence-electron chi connectivity index (χ3n) is 5.34. The molecule has 3 aromatic rings. The number of imidazole rings is 1. The first-order chi connectivity index (χ1) is 14.2. The number of aromatic nitrogens is 2. The van der Waals surface area contributed by atoms with Gasteiger partial charge in [0.2, 0.25) is 0 Å². The molecule has 0 saturated carbocycles. The molecular formula is C23H25FN2O2S. The zero-order valence-corrected chi connectivity index (χ0v) is 17.4. The maximum atomic E-state index is 14.7. The van der Waals surface area contributed by atoms with Gasteiger partial charge in [-0.1, -0.05) is 36.4 Å². The summed E-state index contributed by atoms with van der Waals surface area (Å²) in [4.78, 5) is 4.16. The molecule has 4 rings (SSSR count). The molecule has 3 atom stereocenters. The smallest absolute Gasteiger partial charge is 0.147 e. The summed E-state index contributed by atoms with van der Waals surface area (Å²) in [5.74, 6) is 0.467. The average molecular weight is 413 g/mol. The van der Waals surface area contributed by atoms with Crippen molar-refractivity contribution < 1.29 is 13.9 Å². The maximum absolute atomic E-state index is 14.7. The molecule has 3 unspecified atom stereocenters. The number of rotatable bonds is 6. The lowest BCUT2D eigenvalue weighted by atomic mass is 9.97. The van der Waals surface area contributed by atoms with E-state index in [1.165, 1.54) is 0 Å². The maximum Gasteiger partial charge on any atom is 0.147 e. The SMILES string of the molecule is CSC1CCOC(c2ccccc2)C1OCc1ccc(-n2ccnc2C)c(F)c1. The van der Waals surface area contributed by atoms with Crippen LogP contribution in [0.5, 0.6) is 0 Å². The number of ether oxygens (including phenoxy) is 2. The van der Waals surface area contributed by atoms with Crippen molar-refractivity contribution in [2.45, 2.75) is 37.4 Å². The van der Waals surface area contributed by atoms with Gasteiger partial charge < -0.3 is 14.0 Å². The highest BCUT2D eigenvalue weighted by atomic mass is 32.2. The minimum Gasteiger partial charge on any atom is -0.371 e. The highest BCUT2D eigenvalue weighted by Gasteiger charge is 2.35. The molecule has 1 aliphatic rings. The van der Waals surface area contributed by atoms with E-state index in [4.69, 9.17) is 9.47 Å². The number of halogens is 1. The molecule has 2 heterocycles. The lowest BCUT2D eigenvalue weighted by molar-refractivity contribution is -0.109. The summed E-state index contributed by atoms with van der Waals surface area (Å²) in [5, 5.41) is 0.340. The molecule has 29 heavy (non-hydrogen) atoms. The van der Waals surface area contributed by atoms with Crippen LogP contribution < -0.4 is 0 Å². The predicted molar refractivity (Wildman–Crippen MR) is 114 cm³/mol. The Morgan fingerprint density at radius 2 is 2.07 bits per heavy atom. The zero-order chi connectivity index (χ0) is 20.2. The van der Waals surface area contributed by atoms with Crippen LogP contribution in [-0.2, 0) is 16.1 Å². The lowest BCUT2D eigenvalue weighted by Crippen LogP contribution is -2.39. The van der Waals surface area contributed by atoms with E-state index in [2.05, 4.69) is 23.4 Å². The van der Waals surface area contributed by atoms with E-state index < -0.39 is 0 Å². The summed E-state index contributed by atoms with van der Waals surface area (Å²) in [6.07, 6.45) is 6.29. The summed E-state index contributed by atoms with van der Waals surface area (Å²) in [7, 11) is 0. The van der Waals surface area contributed by atoms with E-state index in [-0.39, 0.29) is 18.0 Å². The van der Waals surface area contributed by atoms with Gasteiger partial charge in [0.25, 0.3) is 0 Å². The van der Waals surface area contributed by atoms with Crippen LogP contribution in [0.2, 0.25) is 0 Å². The van der Waals surface area contributed by atoms with Crippen molar-refractivity contribution in [1.82, 2.24) is 9.55 Å². The van der Waals surface area contributed by atoms with Crippen molar-refractivity contribution in [2.75, 3.05) is 12.9 Å². The number of hydrogen-bond acceptors (Lipinski definition) is 4. The largest absolute Gasteiger partial charge is 0.371 e. The highest BCUT2D eigenvalue weighted by molar-refractivity contribution is 7.99. The molecular weight excluding hydrogens is 387 g/mol. The predicted octanol–water partition coefficient (Wildman–Crippen LogP) is 5.10. The second-order valence-electron chi connectivity index (χ2n) is 7.17. The van der Waals surface area contributed by atoms with Gasteiger partial charge in [-0.2, -0.15) is 11.8 Å². The van der Waals surface area contributed by atoms with Crippen LogP contribution >= 0.6 is 11.8 Å². The molecule has 2 aromatic carbocycles. The van der Waals surface area contributed by atoms with Crippen LogP contribution in [0.4, 0.5) is 4.39 Å². The summed E-state index contributed by atoms with van der Waals surface area (Å²) >= 11 is 1.80.